The summed E-state index contributed by atoms with van der Waals surface area (Å²) in [6, 6.07) is 13.7. The molecule has 0 amide bonds. The van der Waals surface area contributed by atoms with Crippen LogP contribution in [0.5, 0.6) is 0 Å². The molecule has 3 aromatic rings. The molecule has 0 saturated heterocycles. The van der Waals surface area contributed by atoms with Crippen molar-refractivity contribution in [3.8, 4) is 0 Å². The first kappa shape index (κ1) is 27.8. The third-order valence-corrected chi connectivity index (χ3v) is 7.30. The van der Waals surface area contributed by atoms with Gasteiger partial charge in [0.15, 0.2) is 0 Å². The van der Waals surface area contributed by atoms with Crippen molar-refractivity contribution in [2.75, 3.05) is 36.0 Å². The molecule has 0 aliphatic rings. The van der Waals surface area contributed by atoms with E-state index in [1.807, 2.05) is 11.3 Å². The molecular weight excluding hydrogens is 490 g/mol. The van der Waals surface area contributed by atoms with E-state index in [0.29, 0.717) is 0 Å². The SMILES string of the molecule is CCCCN(CCCC)c1ccc2nc3ccc(N(CCCC)CCCC)cc3[s+]c2c1.[Br-]. The first-order valence-electron chi connectivity index (χ1n) is 12.9. The van der Waals surface area contributed by atoms with Gasteiger partial charge in [-0.25, -0.2) is 4.98 Å². The lowest BCUT2D eigenvalue weighted by Crippen LogP contribution is -3.00. The van der Waals surface area contributed by atoms with Crippen molar-refractivity contribution < 1.29 is 17.0 Å². The molecule has 3 nitrogen and oxygen atoms in total. The summed E-state index contributed by atoms with van der Waals surface area (Å²) >= 11 is 1.89. The minimum atomic E-state index is 0. The maximum Gasteiger partial charge on any atom is 0.259 e. The second-order valence-corrected chi connectivity index (χ2v) is 9.99. The van der Waals surface area contributed by atoms with Gasteiger partial charge in [-0.05, 0) is 49.9 Å². The van der Waals surface area contributed by atoms with E-state index in [9.17, 15) is 0 Å². The summed E-state index contributed by atoms with van der Waals surface area (Å²) < 4.78 is 2.58. The van der Waals surface area contributed by atoms with E-state index >= 15 is 0 Å². The quantitative estimate of drug-likeness (QED) is 0.201. The standard InChI is InChI=1S/C28H42N3S.BrH/c1-5-9-17-30(18-10-6-2)23-13-15-25-27(21-23)32-28-22-24(14-16-26(28)29-25)31(19-11-7-3)20-12-8-4;/h13-16,21-22H,5-12,17-20H2,1-4H3;1H/q+1;/p-1. The summed E-state index contributed by atoms with van der Waals surface area (Å²) in [6.45, 7) is 13.7. The highest BCUT2D eigenvalue weighted by Gasteiger charge is 2.17. The van der Waals surface area contributed by atoms with Gasteiger partial charge in [0.25, 0.3) is 9.40 Å². The Kier molecular flexibility index (Phi) is 12.4. The summed E-state index contributed by atoms with van der Waals surface area (Å²) in [5.41, 5.74) is 4.92. The van der Waals surface area contributed by atoms with Crippen LogP contribution in [0.1, 0.15) is 79.1 Å². The molecule has 0 radical (unpaired) electrons. The molecule has 0 aliphatic carbocycles. The number of anilines is 2. The van der Waals surface area contributed by atoms with Crippen LogP contribution in [0.3, 0.4) is 0 Å². The molecule has 0 unspecified atom stereocenters. The van der Waals surface area contributed by atoms with Gasteiger partial charge in [0.1, 0.15) is 11.0 Å². The van der Waals surface area contributed by atoms with Gasteiger partial charge in [-0.3, -0.25) is 0 Å². The van der Waals surface area contributed by atoms with Crippen LogP contribution in [0.25, 0.3) is 20.4 Å². The zero-order valence-corrected chi connectivity index (χ0v) is 23.5. The van der Waals surface area contributed by atoms with E-state index < -0.39 is 0 Å². The molecule has 0 saturated carbocycles. The normalized spacial score (nSPS) is 11.0. The molecule has 0 bridgehead atoms. The molecule has 0 aliphatic heterocycles. The van der Waals surface area contributed by atoms with Crippen LogP contribution in [-0.2, 0) is 0 Å². The van der Waals surface area contributed by atoms with E-state index in [1.54, 1.807) is 0 Å². The lowest BCUT2D eigenvalue weighted by molar-refractivity contribution is -0.00000668. The topological polar surface area (TPSA) is 19.4 Å². The monoisotopic (exact) mass is 531 g/mol. The van der Waals surface area contributed by atoms with Gasteiger partial charge in [-0.1, -0.05) is 53.4 Å². The van der Waals surface area contributed by atoms with Crippen LogP contribution >= 0.6 is 11.3 Å². The van der Waals surface area contributed by atoms with Gasteiger partial charge in [0.05, 0.1) is 0 Å². The third-order valence-electron chi connectivity index (χ3n) is 6.20. The maximum absolute atomic E-state index is 5.00. The van der Waals surface area contributed by atoms with Crippen LogP contribution < -0.4 is 26.8 Å². The van der Waals surface area contributed by atoms with Crippen LogP contribution in [0.4, 0.5) is 11.4 Å². The number of fused-ring (bicyclic) bond motifs is 2. The number of halogens is 1. The lowest BCUT2D eigenvalue weighted by Gasteiger charge is -2.24. The fraction of sp³-hybridized carbons (Fsp3) is 0.571. The summed E-state index contributed by atoms with van der Waals surface area (Å²) in [7, 11) is 0. The zero-order valence-electron chi connectivity index (χ0n) is 21.1. The Morgan fingerprint density at radius 3 is 1.30 bits per heavy atom. The molecule has 5 heteroatoms. The fourth-order valence-electron chi connectivity index (χ4n) is 4.13. The average Bonchev–Trinajstić information content (AvgIpc) is 2.82. The van der Waals surface area contributed by atoms with Crippen LogP contribution in [0, 0.1) is 0 Å². The second-order valence-electron chi connectivity index (χ2n) is 8.91. The highest BCUT2D eigenvalue weighted by atomic mass is 79.9. The van der Waals surface area contributed by atoms with Crippen molar-refractivity contribution in [1.82, 2.24) is 4.98 Å². The predicted octanol–water partition coefficient (Wildman–Crippen LogP) is 5.55. The van der Waals surface area contributed by atoms with E-state index in [1.165, 1.54) is 72.1 Å². The number of benzene rings is 2. The highest BCUT2D eigenvalue weighted by molar-refractivity contribution is 7.24. The first-order valence-corrected chi connectivity index (χ1v) is 13.7. The molecule has 0 spiro atoms. The van der Waals surface area contributed by atoms with E-state index in [2.05, 4.69) is 73.9 Å². The largest absolute Gasteiger partial charge is 1.00 e. The minimum absolute atomic E-state index is 0. The molecule has 33 heavy (non-hydrogen) atoms. The molecule has 3 rings (SSSR count). The molecule has 2 aromatic carbocycles. The van der Waals surface area contributed by atoms with Crippen molar-refractivity contribution in [2.24, 2.45) is 0 Å². The average molecular weight is 533 g/mol. The van der Waals surface area contributed by atoms with Crippen LogP contribution in [0.15, 0.2) is 36.4 Å². The summed E-state index contributed by atoms with van der Waals surface area (Å²) in [6.07, 6.45) is 9.93. The minimum Gasteiger partial charge on any atom is -1.00 e. The Hall–Kier alpha value is -1.46. The molecule has 0 atom stereocenters. The van der Waals surface area contributed by atoms with Crippen molar-refractivity contribution in [2.45, 2.75) is 79.1 Å². The van der Waals surface area contributed by atoms with Crippen LogP contribution in [-0.4, -0.2) is 31.2 Å². The van der Waals surface area contributed by atoms with Gasteiger partial charge in [-0.2, -0.15) is 0 Å². The number of rotatable bonds is 14. The number of hydrogen-bond donors (Lipinski definition) is 0. The van der Waals surface area contributed by atoms with Crippen LogP contribution in [0.2, 0.25) is 0 Å². The highest BCUT2D eigenvalue weighted by Crippen LogP contribution is 2.32. The van der Waals surface area contributed by atoms with Gasteiger partial charge < -0.3 is 26.8 Å². The summed E-state index contributed by atoms with van der Waals surface area (Å²) in [5, 5.41) is 0. The number of unbranched alkanes of at least 4 members (excludes halogenated alkanes) is 4. The second kappa shape index (κ2) is 14.7. The van der Waals surface area contributed by atoms with Crippen molar-refractivity contribution in [3.05, 3.63) is 36.4 Å². The van der Waals surface area contributed by atoms with Gasteiger partial charge in [0, 0.05) is 49.7 Å². The Balaban J connectivity index is 0.00000385. The molecule has 0 N–H and O–H groups in total. The van der Waals surface area contributed by atoms with Crippen molar-refractivity contribution in [3.63, 3.8) is 0 Å². The molecular formula is C28H42BrN3S. The van der Waals surface area contributed by atoms with E-state index in [-0.39, 0.29) is 17.0 Å². The molecule has 0 fully saturated rings. The van der Waals surface area contributed by atoms with Crippen molar-refractivity contribution in [1.29, 1.82) is 0 Å². The smallest absolute Gasteiger partial charge is 0.259 e. The molecule has 1 heterocycles. The fourth-order valence-corrected chi connectivity index (χ4v) is 5.16. The van der Waals surface area contributed by atoms with E-state index in [0.717, 1.165) is 37.2 Å². The Labute approximate surface area is 216 Å². The zero-order chi connectivity index (χ0) is 22.8. The summed E-state index contributed by atoms with van der Waals surface area (Å²) in [4.78, 5) is 10.1. The molecule has 182 valence electrons. The Bertz CT molecular complexity index is 887. The number of aromatic nitrogens is 1. The van der Waals surface area contributed by atoms with Crippen molar-refractivity contribution >= 4 is 43.1 Å². The first-order chi connectivity index (χ1) is 15.7. The van der Waals surface area contributed by atoms with Gasteiger partial charge >= 0.3 is 0 Å². The van der Waals surface area contributed by atoms with Gasteiger partial charge in [0.2, 0.25) is 11.3 Å². The lowest BCUT2D eigenvalue weighted by atomic mass is 10.2. The Morgan fingerprint density at radius 1 is 0.606 bits per heavy atom. The van der Waals surface area contributed by atoms with E-state index in [4.69, 9.17) is 4.98 Å². The summed E-state index contributed by atoms with van der Waals surface area (Å²) in [5.74, 6) is 0. The Morgan fingerprint density at radius 2 is 0.970 bits per heavy atom. The number of nitrogens with zero attached hydrogens (tertiary/aromatic N) is 3. The third kappa shape index (κ3) is 7.78. The predicted molar refractivity (Wildman–Crippen MR) is 146 cm³/mol. The molecule has 1 aromatic heterocycles. The number of hydrogen-bond acceptors (Lipinski definition) is 3. The van der Waals surface area contributed by atoms with Gasteiger partial charge in [-0.15, -0.1) is 0 Å². The maximum atomic E-state index is 5.00.